The Balaban J connectivity index is 2.15. The van der Waals surface area contributed by atoms with Gasteiger partial charge in [-0.25, -0.2) is 0 Å². The van der Waals surface area contributed by atoms with Crippen LogP contribution in [0.15, 0.2) is 42.5 Å². The van der Waals surface area contributed by atoms with Gasteiger partial charge >= 0.3 is 0 Å². The van der Waals surface area contributed by atoms with Gasteiger partial charge in [0.15, 0.2) is 5.75 Å². The van der Waals surface area contributed by atoms with Crippen LogP contribution in [0.3, 0.4) is 0 Å². The van der Waals surface area contributed by atoms with Crippen LogP contribution in [0.2, 0.25) is 10.0 Å². The minimum Gasteiger partial charge on any atom is -0.454 e. The highest BCUT2D eigenvalue weighted by Crippen LogP contribution is 2.35. The number of ether oxygens (including phenoxy) is 1. The maximum absolute atomic E-state index is 6.07. The zero-order chi connectivity index (χ0) is 13.8. The van der Waals surface area contributed by atoms with E-state index < -0.39 is 0 Å². The summed E-state index contributed by atoms with van der Waals surface area (Å²) in [5.41, 5.74) is 1.30. The van der Waals surface area contributed by atoms with Crippen LogP contribution < -0.4 is 4.74 Å². The molecular weight excluding hydrogens is 279 g/mol. The molecular formula is C16H16Cl2O. The molecule has 0 aliphatic heterocycles. The van der Waals surface area contributed by atoms with Gasteiger partial charge in [0, 0.05) is 0 Å². The van der Waals surface area contributed by atoms with Crippen molar-refractivity contribution in [2.75, 3.05) is 0 Å². The molecule has 0 unspecified atom stereocenters. The first-order valence-corrected chi connectivity index (χ1v) is 7.02. The first kappa shape index (κ1) is 14.2. The Hall–Kier alpha value is -1.18. The fourth-order valence-corrected chi connectivity index (χ4v) is 2.34. The lowest BCUT2D eigenvalue weighted by atomic mass is 10.0. The number of para-hydroxylation sites is 1. The molecule has 2 aromatic rings. The van der Waals surface area contributed by atoms with Crippen LogP contribution in [0.1, 0.15) is 19.4 Å². The minimum absolute atomic E-state index is 0.502. The zero-order valence-corrected chi connectivity index (χ0v) is 12.5. The van der Waals surface area contributed by atoms with E-state index in [1.807, 2.05) is 12.1 Å². The smallest absolute Gasteiger partial charge is 0.164 e. The van der Waals surface area contributed by atoms with Gasteiger partial charge in [0.1, 0.15) is 5.75 Å². The molecule has 0 amide bonds. The van der Waals surface area contributed by atoms with Crippen molar-refractivity contribution in [2.24, 2.45) is 5.92 Å². The van der Waals surface area contributed by atoms with E-state index in [-0.39, 0.29) is 0 Å². The Morgan fingerprint density at radius 1 is 0.947 bits per heavy atom. The summed E-state index contributed by atoms with van der Waals surface area (Å²) < 4.78 is 5.74. The summed E-state index contributed by atoms with van der Waals surface area (Å²) in [6.07, 6.45) is 1.06. The van der Waals surface area contributed by atoms with Gasteiger partial charge in [-0.1, -0.05) is 55.2 Å². The Morgan fingerprint density at radius 2 is 1.53 bits per heavy atom. The monoisotopic (exact) mass is 294 g/mol. The maximum Gasteiger partial charge on any atom is 0.164 e. The first-order chi connectivity index (χ1) is 9.06. The standard InChI is InChI=1S/C16H16Cl2O/c1-11(2)10-12-6-8-13(9-7-12)19-16-14(17)4-3-5-15(16)18/h3-9,11H,10H2,1-2H3. The second-order valence-electron chi connectivity index (χ2n) is 4.89. The normalized spacial score (nSPS) is 10.8. The van der Waals surface area contributed by atoms with Crippen molar-refractivity contribution in [3.63, 3.8) is 0 Å². The molecule has 2 aromatic carbocycles. The number of hydrogen-bond acceptors (Lipinski definition) is 1. The number of hydrogen-bond donors (Lipinski definition) is 0. The van der Waals surface area contributed by atoms with Gasteiger partial charge in [-0.3, -0.25) is 0 Å². The van der Waals surface area contributed by atoms with E-state index in [0.717, 1.165) is 12.2 Å². The Labute approximate surface area is 124 Å². The van der Waals surface area contributed by atoms with Crippen LogP contribution in [0.5, 0.6) is 11.5 Å². The molecule has 19 heavy (non-hydrogen) atoms. The predicted octanol–water partition coefficient (Wildman–Crippen LogP) is 5.98. The lowest BCUT2D eigenvalue weighted by molar-refractivity contribution is 0.482. The van der Waals surface area contributed by atoms with Crippen molar-refractivity contribution in [2.45, 2.75) is 20.3 Å². The fourth-order valence-electron chi connectivity index (χ4n) is 1.86. The molecule has 0 radical (unpaired) electrons. The third-order valence-electron chi connectivity index (χ3n) is 2.71. The highest BCUT2D eigenvalue weighted by Gasteiger charge is 2.08. The Kier molecular flexibility index (Phi) is 4.73. The summed E-state index contributed by atoms with van der Waals surface area (Å²) in [4.78, 5) is 0. The summed E-state index contributed by atoms with van der Waals surface area (Å²) in [6.45, 7) is 4.40. The van der Waals surface area contributed by atoms with Crippen LogP contribution in [-0.4, -0.2) is 0 Å². The predicted molar refractivity (Wildman–Crippen MR) is 81.5 cm³/mol. The van der Waals surface area contributed by atoms with Crippen LogP contribution >= 0.6 is 23.2 Å². The Morgan fingerprint density at radius 3 is 2.05 bits per heavy atom. The van der Waals surface area contributed by atoms with Crippen molar-refractivity contribution in [1.29, 1.82) is 0 Å². The van der Waals surface area contributed by atoms with Gasteiger partial charge in [-0.2, -0.15) is 0 Å². The highest BCUT2D eigenvalue weighted by atomic mass is 35.5. The van der Waals surface area contributed by atoms with E-state index in [1.54, 1.807) is 18.2 Å². The third kappa shape index (κ3) is 3.89. The first-order valence-electron chi connectivity index (χ1n) is 6.27. The molecule has 0 saturated heterocycles. The van der Waals surface area contributed by atoms with E-state index in [2.05, 4.69) is 26.0 Å². The lowest BCUT2D eigenvalue weighted by Crippen LogP contribution is -1.94. The number of benzene rings is 2. The zero-order valence-electron chi connectivity index (χ0n) is 11.0. The van der Waals surface area contributed by atoms with Crippen LogP contribution in [0.4, 0.5) is 0 Å². The molecule has 1 nitrogen and oxygen atoms in total. The average Bonchev–Trinajstić information content (AvgIpc) is 2.35. The number of rotatable bonds is 4. The van der Waals surface area contributed by atoms with E-state index in [9.17, 15) is 0 Å². The molecule has 0 N–H and O–H groups in total. The van der Waals surface area contributed by atoms with Crippen molar-refractivity contribution < 1.29 is 4.74 Å². The van der Waals surface area contributed by atoms with Gasteiger partial charge in [0.25, 0.3) is 0 Å². The maximum atomic E-state index is 6.07. The fraction of sp³-hybridized carbons (Fsp3) is 0.250. The molecule has 0 saturated carbocycles. The van der Waals surface area contributed by atoms with Gasteiger partial charge < -0.3 is 4.74 Å². The van der Waals surface area contributed by atoms with Crippen molar-refractivity contribution in [1.82, 2.24) is 0 Å². The van der Waals surface area contributed by atoms with Crippen molar-refractivity contribution >= 4 is 23.2 Å². The van der Waals surface area contributed by atoms with Crippen molar-refractivity contribution in [3.8, 4) is 11.5 Å². The van der Waals surface area contributed by atoms with Gasteiger partial charge in [0.05, 0.1) is 10.0 Å². The van der Waals surface area contributed by atoms with Gasteiger partial charge in [0.2, 0.25) is 0 Å². The summed E-state index contributed by atoms with van der Waals surface area (Å²) in [7, 11) is 0. The second-order valence-corrected chi connectivity index (χ2v) is 5.71. The van der Waals surface area contributed by atoms with E-state index in [4.69, 9.17) is 27.9 Å². The van der Waals surface area contributed by atoms with Crippen LogP contribution in [-0.2, 0) is 6.42 Å². The molecule has 3 heteroatoms. The SMILES string of the molecule is CC(C)Cc1ccc(Oc2c(Cl)cccc2Cl)cc1. The molecule has 0 spiro atoms. The van der Waals surface area contributed by atoms with Crippen molar-refractivity contribution in [3.05, 3.63) is 58.1 Å². The number of halogens is 2. The van der Waals surface area contributed by atoms with E-state index in [0.29, 0.717) is 21.7 Å². The van der Waals surface area contributed by atoms with E-state index >= 15 is 0 Å². The van der Waals surface area contributed by atoms with Gasteiger partial charge in [-0.05, 0) is 42.2 Å². The van der Waals surface area contributed by atoms with Gasteiger partial charge in [-0.15, -0.1) is 0 Å². The quantitative estimate of drug-likeness (QED) is 0.673. The molecule has 0 aromatic heterocycles. The summed E-state index contributed by atoms with van der Waals surface area (Å²) in [6, 6.07) is 13.3. The molecule has 0 aliphatic carbocycles. The van der Waals surface area contributed by atoms with Crippen LogP contribution in [0, 0.1) is 5.92 Å². The summed E-state index contributed by atoms with van der Waals surface area (Å²) in [5.74, 6) is 1.88. The van der Waals surface area contributed by atoms with E-state index in [1.165, 1.54) is 5.56 Å². The summed E-state index contributed by atoms with van der Waals surface area (Å²) >= 11 is 12.1. The molecule has 0 bridgehead atoms. The average molecular weight is 295 g/mol. The molecule has 2 rings (SSSR count). The minimum atomic E-state index is 0.502. The molecule has 0 aliphatic rings. The summed E-state index contributed by atoms with van der Waals surface area (Å²) in [5, 5.41) is 1.03. The molecule has 0 heterocycles. The lowest BCUT2D eigenvalue weighted by Gasteiger charge is -2.10. The second kappa shape index (κ2) is 6.31. The topological polar surface area (TPSA) is 9.23 Å². The largest absolute Gasteiger partial charge is 0.454 e. The third-order valence-corrected chi connectivity index (χ3v) is 3.30. The van der Waals surface area contributed by atoms with Crippen LogP contribution in [0.25, 0.3) is 0 Å². The molecule has 0 fully saturated rings. The molecule has 0 atom stereocenters. The highest BCUT2D eigenvalue weighted by molar-refractivity contribution is 6.37. The Bertz CT molecular complexity index is 527. The molecule has 100 valence electrons.